The van der Waals surface area contributed by atoms with Crippen LogP contribution < -0.4 is 4.72 Å². The van der Waals surface area contributed by atoms with Crippen LogP contribution in [0, 0.1) is 13.8 Å². The Balaban J connectivity index is 1.64. The van der Waals surface area contributed by atoms with E-state index in [-0.39, 0.29) is 0 Å². The Kier molecular flexibility index (Phi) is 5.27. The van der Waals surface area contributed by atoms with E-state index in [1.54, 1.807) is 12.1 Å². The summed E-state index contributed by atoms with van der Waals surface area (Å²) < 4.78 is 30.5. The maximum absolute atomic E-state index is 12.5. The summed E-state index contributed by atoms with van der Waals surface area (Å²) in [7, 11) is -3.51. The number of nitrogens with one attached hydrogen (secondary N) is 1. The molecule has 132 valence electrons. The molecular weight excluding hydrogens is 402 g/mol. The third kappa shape index (κ3) is 3.94. The lowest BCUT2D eigenvalue weighted by Crippen LogP contribution is -2.25. The molecular formula is C18H20BrN3O2S. The van der Waals surface area contributed by atoms with Gasteiger partial charge in [0.2, 0.25) is 10.0 Å². The third-order valence-corrected chi connectivity index (χ3v) is 6.77. The van der Waals surface area contributed by atoms with E-state index in [1.807, 2.05) is 48.9 Å². The molecule has 0 aliphatic rings. The Morgan fingerprint density at radius 3 is 2.52 bits per heavy atom. The van der Waals surface area contributed by atoms with Gasteiger partial charge in [0.25, 0.3) is 0 Å². The highest BCUT2D eigenvalue weighted by atomic mass is 79.9. The zero-order chi connectivity index (χ0) is 18.0. The van der Waals surface area contributed by atoms with Crippen molar-refractivity contribution >= 4 is 36.7 Å². The fraction of sp³-hybridized carbons (Fsp3) is 0.278. The van der Waals surface area contributed by atoms with Gasteiger partial charge in [0.05, 0.1) is 15.1 Å². The number of halogens is 1. The molecule has 3 aromatic rings. The number of aromatic nitrogens is 2. The number of sulfonamides is 1. The lowest BCUT2D eigenvalue weighted by atomic mass is 10.1. The van der Waals surface area contributed by atoms with E-state index < -0.39 is 10.0 Å². The van der Waals surface area contributed by atoms with Crippen molar-refractivity contribution in [3.63, 3.8) is 0 Å². The predicted molar refractivity (Wildman–Crippen MR) is 103 cm³/mol. The number of hydrogen-bond donors (Lipinski definition) is 1. The van der Waals surface area contributed by atoms with Gasteiger partial charge in [0, 0.05) is 18.8 Å². The standard InChI is InChI=1S/C18H20BrN3O2S/c1-13-18(19)14(2)22(21-13)11-5-10-20-25(23,24)17-9-8-15-6-3-4-7-16(15)12-17/h3-4,6-9,12,20H,5,10-11H2,1-2H3. The van der Waals surface area contributed by atoms with Crippen LogP contribution in [-0.2, 0) is 16.6 Å². The van der Waals surface area contributed by atoms with Gasteiger partial charge < -0.3 is 0 Å². The average Bonchev–Trinajstić information content (AvgIpc) is 2.85. The fourth-order valence-corrected chi connectivity index (χ4v) is 4.14. The predicted octanol–water partition coefficient (Wildman–Crippen LogP) is 3.78. The van der Waals surface area contributed by atoms with Crippen LogP contribution in [0.1, 0.15) is 17.8 Å². The van der Waals surface area contributed by atoms with Crippen LogP contribution in [0.25, 0.3) is 10.8 Å². The van der Waals surface area contributed by atoms with Gasteiger partial charge in [0.1, 0.15) is 0 Å². The van der Waals surface area contributed by atoms with Crippen LogP contribution in [0.5, 0.6) is 0 Å². The molecule has 0 bridgehead atoms. The van der Waals surface area contributed by atoms with Crippen LogP contribution in [0.4, 0.5) is 0 Å². The largest absolute Gasteiger partial charge is 0.268 e. The van der Waals surface area contributed by atoms with Crippen LogP contribution >= 0.6 is 15.9 Å². The second-order valence-corrected chi connectivity index (χ2v) is 8.53. The van der Waals surface area contributed by atoms with Gasteiger partial charge in [-0.1, -0.05) is 30.3 Å². The molecule has 0 radical (unpaired) electrons. The van der Waals surface area contributed by atoms with Gasteiger partial charge in [-0.2, -0.15) is 5.10 Å². The molecule has 0 fully saturated rings. The first-order valence-electron chi connectivity index (χ1n) is 8.06. The summed E-state index contributed by atoms with van der Waals surface area (Å²) >= 11 is 3.50. The molecule has 1 N–H and O–H groups in total. The summed E-state index contributed by atoms with van der Waals surface area (Å²) in [6.07, 6.45) is 0.668. The molecule has 0 saturated carbocycles. The number of fused-ring (bicyclic) bond motifs is 1. The lowest BCUT2D eigenvalue weighted by Gasteiger charge is -2.09. The fourth-order valence-electron chi connectivity index (χ4n) is 2.75. The smallest absolute Gasteiger partial charge is 0.240 e. The first kappa shape index (κ1) is 18.1. The molecule has 0 unspecified atom stereocenters. The Bertz CT molecular complexity index is 1010. The third-order valence-electron chi connectivity index (χ3n) is 4.16. The van der Waals surface area contributed by atoms with Gasteiger partial charge in [-0.3, -0.25) is 4.68 Å². The normalized spacial score (nSPS) is 12.0. The van der Waals surface area contributed by atoms with Gasteiger partial charge in [-0.05, 0) is 59.1 Å². The van der Waals surface area contributed by atoms with Crippen molar-refractivity contribution in [1.82, 2.24) is 14.5 Å². The van der Waals surface area contributed by atoms with Gasteiger partial charge in [0.15, 0.2) is 0 Å². The quantitative estimate of drug-likeness (QED) is 0.615. The Labute approximate surface area is 156 Å². The molecule has 0 spiro atoms. The second-order valence-electron chi connectivity index (χ2n) is 5.97. The van der Waals surface area contributed by atoms with Crippen LogP contribution in [-0.4, -0.2) is 24.7 Å². The van der Waals surface area contributed by atoms with E-state index in [2.05, 4.69) is 25.8 Å². The number of benzene rings is 2. The van der Waals surface area contributed by atoms with E-state index in [4.69, 9.17) is 0 Å². The second kappa shape index (κ2) is 7.27. The van der Waals surface area contributed by atoms with E-state index in [0.29, 0.717) is 24.4 Å². The van der Waals surface area contributed by atoms with E-state index in [9.17, 15) is 8.42 Å². The highest BCUT2D eigenvalue weighted by Gasteiger charge is 2.14. The molecule has 0 aliphatic heterocycles. The molecule has 1 aromatic heterocycles. The zero-order valence-electron chi connectivity index (χ0n) is 14.2. The zero-order valence-corrected chi connectivity index (χ0v) is 16.6. The summed E-state index contributed by atoms with van der Waals surface area (Å²) in [4.78, 5) is 0.292. The van der Waals surface area contributed by atoms with Crippen molar-refractivity contribution in [3.05, 3.63) is 58.3 Å². The maximum atomic E-state index is 12.5. The first-order chi connectivity index (χ1) is 11.9. The Morgan fingerprint density at radius 1 is 1.12 bits per heavy atom. The van der Waals surface area contributed by atoms with E-state index in [1.165, 1.54) is 0 Å². The van der Waals surface area contributed by atoms with Gasteiger partial charge >= 0.3 is 0 Å². The van der Waals surface area contributed by atoms with E-state index in [0.717, 1.165) is 26.6 Å². The molecule has 1 heterocycles. The molecule has 0 saturated heterocycles. The van der Waals surface area contributed by atoms with E-state index >= 15 is 0 Å². The Hall–Kier alpha value is -1.70. The van der Waals surface area contributed by atoms with Crippen molar-refractivity contribution in [2.45, 2.75) is 31.7 Å². The number of rotatable bonds is 6. The monoisotopic (exact) mass is 421 g/mol. The Morgan fingerprint density at radius 2 is 1.84 bits per heavy atom. The van der Waals surface area contributed by atoms with Gasteiger partial charge in [-0.15, -0.1) is 0 Å². The van der Waals surface area contributed by atoms with Crippen molar-refractivity contribution in [2.75, 3.05) is 6.54 Å². The summed E-state index contributed by atoms with van der Waals surface area (Å²) in [5, 5.41) is 6.37. The van der Waals surface area contributed by atoms with Gasteiger partial charge in [-0.25, -0.2) is 13.1 Å². The number of nitrogens with zero attached hydrogens (tertiary/aromatic N) is 2. The number of aryl methyl sites for hydroxylation is 2. The minimum absolute atomic E-state index is 0.292. The number of hydrogen-bond acceptors (Lipinski definition) is 3. The van der Waals surface area contributed by atoms with Crippen molar-refractivity contribution in [1.29, 1.82) is 0 Å². The summed E-state index contributed by atoms with van der Waals surface area (Å²) in [5.74, 6) is 0. The maximum Gasteiger partial charge on any atom is 0.240 e. The molecule has 2 aromatic carbocycles. The summed E-state index contributed by atoms with van der Waals surface area (Å²) in [6, 6.07) is 12.9. The molecule has 7 heteroatoms. The van der Waals surface area contributed by atoms with Crippen LogP contribution in [0.3, 0.4) is 0 Å². The highest BCUT2D eigenvalue weighted by Crippen LogP contribution is 2.20. The first-order valence-corrected chi connectivity index (χ1v) is 10.3. The molecule has 25 heavy (non-hydrogen) atoms. The summed E-state index contributed by atoms with van der Waals surface area (Å²) in [5.41, 5.74) is 1.99. The summed E-state index contributed by atoms with van der Waals surface area (Å²) in [6.45, 7) is 4.96. The van der Waals surface area contributed by atoms with Crippen LogP contribution in [0.15, 0.2) is 51.8 Å². The molecule has 0 aliphatic carbocycles. The van der Waals surface area contributed by atoms with Crippen LogP contribution in [0.2, 0.25) is 0 Å². The SMILES string of the molecule is Cc1nn(CCCNS(=O)(=O)c2ccc3ccccc3c2)c(C)c1Br. The minimum Gasteiger partial charge on any atom is -0.268 e. The van der Waals surface area contributed by atoms with Crippen molar-refractivity contribution < 1.29 is 8.42 Å². The highest BCUT2D eigenvalue weighted by molar-refractivity contribution is 9.10. The molecule has 0 amide bonds. The topological polar surface area (TPSA) is 64.0 Å². The average molecular weight is 422 g/mol. The molecule has 3 rings (SSSR count). The molecule has 5 nitrogen and oxygen atoms in total. The lowest BCUT2D eigenvalue weighted by molar-refractivity contribution is 0.544. The minimum atomic E-state index is -3.51. The van der Waals surface area contributed by atoms with Crippen molar-refractivity contribution in [2.24, 2.45) is 0 Å². The van der Waals surface area contributed by atoms with Crippen molar-refractivity contribution in [3.8, 4) is 0 Å². The molecule has 0 atom stereocenters.